The average molecular weight is 449 g/mol. The zero-order chi connectivity index (χ0) is 22.2. The summed E-state index contributed by atoms with van der Waals surface area (Å²) >= 11 is 6.67. The van der Waals surface area contributed by atoms with Gasteiger partial charge in [-0.15, -0.1) is 10.2 Å². The van der Waals surface area contributed by atoms with Crippen molar-refractivity contribution in [2.24, 2.45) is 0 Å². The molecule has 32 heavy (non-hydrogen) atoms. The van der Waals surface area contributed by atoms with Gasteiger partial charge >= 0.3 is 0 Å². The Kier molecular flexibility index (Phi) is 5.43. The first-order chi connectivity index (χ1) is 15.5. The van der Waals surface area contributed by atoms with Gasteiger partial charge in [0.15, 0.2) is 5.65 Å². The minimum atomic E-state index is -0.0684. The molecule has 4 heterocycles. The van der Waals surface area contributed by atoms with Gasteiger partial charge < -0.3 is 4.90 Å². The average Bonchev–Trinajstić information content (AvgIpc) is 3.35. The first kappa shape index (κ1) is 20.7. The number of aryl methyl sites for hydroxylation is 2. The van der Waals surface area contributed by atoms with Crippen LogP contribution in [0.1, 0.15) is 51.8 Å². The highest BCUT2D eigenvalue weighted by Crippen LogP contribution is 2.29. The summed E-state index contributed by atoms with van der Waals surface area (Å²) in [6, 6.07) is 14.1. The third kappa shape index (κ3) is 3.77. The highest BCUT2D eigenvalue weighted by molar-refractivity contribution is 6.33. The quantitative estimate of drug-likeness (QED) is 0.467. The van der Waals surface area contributed by atoms with E-state index < -0.39 is 0 Å². The van der Waals surface area contributed by atoms with Crippen LogP contribution < -0.4 is 0 Å². The summed E-state index contributed by atoms with van der Waals surface area (Å²) in [5.41, 5.74) is 4.26. The van der Waals surface area contributed by atoms with Crippen molar-refractivity contribution in [3.8, 4) is 0 Å². The number of likely N-dealkylation sites (tertiary alicyclic amines) is 1. The lowest BCUT2D eigenvalue weighted by atomic mass is 9.96. The van der Waals surface area contributed by atoms with Crippen LogP contribution in [0.25, 0.3) is 5.65 Å². The molecule has 1 atom stereocenters. The molecule has 3 aromatic heterocycles. The van der Waals surface area contributed by atoms with Gasteiger partial charge in [0.05, 0.1) is 17.8 Å². The maximum Gasteiger partial charge on any atom is 0.258 e. The van der Waals surface area contributed by atoms with Crippen LogP contribution in [0.3, 0.4) is 0 Å². The zero-order valence-corrected chi connectivity index (χ0v) is 19.0. The summed E-state index contributed by atoms with van der Waals surface area (Å²) in [6.45, 7) is 5.72. The van der Waals surface area contributed by atoms with E-state index in [0.717, 1.165) is 29.9 Å². The van der Waals surface area contributed by atoms with Gasteiger partial charge in [-0.2, -0.15) is 5.10 Å². The molecule has 1 unspecified atom stereocenters. The van der Waals surface area contributed by atoms with E-state index in [1.807, 2.05) is 40.6 Å². The number of aromatic nitrogens is 5. The van der Waals surface area contributed by atoms with Gasteiger partial charge in [-0.1, -0.05) is 47.5 Å². The Balaban J connectivity index is 1.38. The van der Waals surface area contributed by atoms with Crippen molar-refractivity contribution in [1.82, 2.24) is 29.3 Å². The fourth-order valence-electron chi connectivity index (χ4n) is 4.44. The lowest BCUT2D eigenvalue weighted by Gasteiger charge is -2.32. The van der Waals surface area contributed by atoms with Crippen LogP contribution in [0.5, 0.6) is 0 Å². The maximum absolute atomic E-state index is 13.5. The van der Waals surface area contributed by atoms with Gasteiger partial charge in [-0.3, -0.25) is 9.20 Å². The number of carbonyl (C=O) groups is 1. The van der Waals surface area contributed by atoms with Crippen LogP contribution in [0.4, 0.5) is 0 Å². The number of nitrogens with zero attached hydrogens (tertiary/aromatic N) is 6. The van der Waals surface area contributed by atoms with Crippen LogP contribution in [-0.2, 0) is 6.54 Å². The van der Waals surface area contributed by atoms with Gasteiger partial charge in [0.1, 0.15) is 11.0 Å². The molecule has 4 aromatic rings. The molecular formula is C24H25ClN6O. The van der Waals surface area contributed by atoms with E-state index in [9.17, 15) is 4.79 Å². The molecule has 164 valence electrons. The van der Waals surface area contributed by atoms with Crippen molar-refractivity contribution in [3.63, 3.8) is 0 Å². The Labute approximate surface area is 191 Å². The molecule has 0 spiro atoms. The number of hydrogen-bond acceptors (Lipinski definition) is 4. The van der Waals surface area contributed by atoms with E-state index in [0.29, 0.717) is 36.0 Å². The number of carbonyl (C=O) groups excluding carboxylic acids is 1. The molecule has 1 saturated heterocycles. The molecule has 0 saturated carbocycles. The zero-order valence-electron chi connectivity index (χ0n) is 18.2. The van der Waals surface area contributed by atoms with Crippen LogP contribution >= 0.6 is 11.6 Å². The maximum atomic E-state index is 13.5. The highest BCUT2D eigenvalue weighted by Gasteiger charge is 2.31. The predicted octanol–water partition coefficient (Wildman–Crippen LogP) is 4.26. The number of halogens is 1. The van der Waals surface area contributed by atoms with Gasteiger partial charge in [0.2, 0.25) is 0 Å². The monoisotopic (exact) mass is 448 g/mol. The SMILES string of the molecule is Cc1ccc(Cn2nc(C)c(C(=O)N3CCCC(c4nnc5ccccn45)C3)c2Cl)cc1. The first-order valence-corrected chi connectivity index (χ1v) is 11.3. The van der Waals surface area contributed by atoms with Crippen LogP contribution in [0.15, 0.2) is 48.7 Å². The number of hydrogen-bond donors (Lipinski definition) is 0. The molecule has 1 amide bonds. The molecule has 7 nitrogen and oxygen atoms in total. The molecule has 1 fully saturated rings. The van der Waals surface area contributed by atoms with Gasteiger partial charge in [0, 0.05) is 25.2 Å². The third-order valence-corrected chi connectivity index (χ3v) is 6.53. The largest absolute Gasteiger partial charge is 0.338 e. The minimum Gasteiger partial charge on any atom is -0.338 e. The second kappa shape index (κ2) is 8.39. The van der Waals surface area contributed by atoms with E-state index in [4.69, 9.17) is 11.6 Å². The van der Waals surface area contributed by atoms with Crippen molar-refractivity contribution >= 4 is 23.2 Å². The second-order valence-corrected chi connectivity index (χ2v) is 8.83. The summed E-state index contributed by atoms with van der Waals surface area (Å²) in [5, 5.41) is 13.6. The molecule has 0 aliphatic carbocycles. The van der Waals surface area contributed by atoms with Crippen molar-refractivity contribution < 1.29 is 4.79 Å². The highest BCUT2D eigenvalue weighted by atomic mass is 35.5. The Hall–Kier alpha value is -3.19. The fraction of sp³-hybridized carbons (Fsp3) is 0.333. The fourth-order valence-corrected chi connectivity index (χ4v) is 4.75. The smallest absolute Gasteiger partial charge is 0.258 e. The van der Waals surface area contributed by atoms with Crippen molar-refractivity contribution in [3.05, 3.63) is 82.0 Å². The molecule has 0 bridgehead atoms. The summed E-state index contributed by atoms with van der Waals surface area (Å²) < 4.78 is 3.72. The third-order valence-electron chi connectivity index (χ3n) is 6.15. The molecule has 1 aliphatic rings. The second-order valence-electron chi connectivity index (χ2n) is 8.47. The molecule has 8 heteroatoms. The molecule has 1 aromatic carbocycles. The predicted molar refractivity (Wildman–Crippen MR) is 123 cm³/mol. The number of rotatable bonds is 4. The Morgan fingerprint density at radius 3 is 2.75 bits per heavy atom. The Morgan fingerprint density at radius 1 is 1.12 bits per heavy atom. The summed E-state index contributed by atoms with van der Waals surface area (Å²) in [5.74, 6) is 0.962. The van der Waals surface area contributed by atoms with Gasteiger partial charge in [0.25, 0.3) is 5.91 Å². The topological polar surface area (TPSA) is 68.3 Å². The lowest BCUT2D eigenvalue weighted by Crippen LogP contribution is -2.39. The number of benzene rings is 1. The molecular weight excluding hydrogens is 424 g/mol. The Morgan fingerprint density at radius 2 is 1.94 bits per heavy atom. The first-order valence-electron chi connectivity index (χ1n) is 10.9. The number of pyridine rings is 1. The van der Waals surface area contributed by atoms with E-state index >= 15 is 0 Å². The summed E-state index contributed by atoms with van der Waals surface area (Å²) in [4.78, 5) is 15.4. The number of amides is 1. The number of fused-ring (bicyclic) bond motifs is 1. The van der Waals surface area contributed by atoms with Gasteiger partial charge in [-0.05, 0) is 44.4 Å². The van der Waals surface area contributed by atoms with Crippen LogP contribution in [0.2, 0.25) is 5.15 Å². The summed E-state index contributed by atoms with van der Waals surface area (Å²) in [7, 11) is 0. The van der Waals surface area contributed by atoms with Gasteiger partial charge in [-0.25, -0.2) is 4.68 Å². The summed E-state index contributed by atoms with van der Waals surface area (Å²) in [6.07, 6.45) is 3.85. The normalized spacial score (nSPS) is 16.6. The van der Waals surface area contributed by atoms with Crippen molar-refractivity contribution in [1.29, 1.82) is 0 Å². The molecule has 1 aliphatic heterocycles. The van der Waals surface area contributed by atoms with E-state index in [2.05, 4.69) is 46.5 Å². The van der Waals surface area contributed by atoms with E-state index in [1.165, 1.54) is 5.56 Å². The minimum absolute atomic E-state index is 0.0684. The molecule has 0 N–H and O–H groups in total. The standard InChI is InChI=1S/C24H25ClN6O/c1-16-8-10-18(11-9-16)14-31-22(25)21(17(2)28-31)24(32)29-12-5-6-19(15-29)23-27-26-20-7-3-4-13-30(20)23/h3-4,7-11,13,19H,5-6,12,14-15H2,1-2H3. The molecule has 0 radical (unpaired) electrons. The van der Waals surface area contributed by atoms with E-state index in [1.54, 1.807) is 4.68 Å². The van der Waals surface area contributed by atoms with Crippen LogP contribution in [-0.4, -0.2) is 48.3 Å². The van der Waals surface area contributed by atoms with Crippen molar-refractivity contribution in [2.75, 3.05) is 13.1 Å². The van der Waals surface area contributed by atoms with Crippen LogP contribution in [0, 0.1) is 13.8 Å². The van der Waals surface area contributed by atoms with E-state index in [-0.39, 0.29) is 11.8 Å². The lowest BCUT2D eigenvalue weighted by molar-refractivity contribution is 0.0703. The Bertz CT molecular complexity index is 1280. The number of piperidine rings is 1. The van der Waals surface area contributed by atoms with Crippen molar-refractivity contribution in [2.45, 2.75) is 39.2 Å². The molecule has 5 rings (SSSR count).